The largest absolute Gasteiger partial charge is 0.315 e. The monoisotopic (exact) mass is 450 g/mol. The van der Waals surface area contributed by atoms with E-state index in [1.807, 2.05) is 6.92 Å². The zero-order chi connectivity index (χ0) is 23.3. The van der Waals surface area contributed by atoms with Crippen molar-refractivity contribution in [1.29, 1.82) is 0 Å². The molecule has 0 aromatic rings. The molecule has 0 bridgehead atoms. The molecule has 0 aliphatic carbocycles. The van der Waals surface area contributed by atoms with Gasteiger partial charge in [-0.05, 0) is 19.4 Å². The average molecular weight is 451 g/mol. The second kappa shape index (κ2) is 20.7. The highest BCUT2D eigenvalue weighted by atomic mass is 16.2. The molecule has 1 aliphatic rings. The van der Waals surface area contributed by atoms with Crippen LogP contribution in [0.5, 0.6) is 0 Å². The molecule has 0 spiro atoms. The van der Waals surface area contributed by atoms with Gasteiger partial charge in [0.15, 0.2) is 0 Å². The van der Waals surface area contributed by atoms with Gasteiger partial charge in [0.25, 0.3) is 0 Å². The molecule has 1 rings (SSSR count). The lowest BCUT2D eigenvalue weighted by atomic mass is 10.0. The zero-order valence-corrected chi connectivity index (χ0v) is 21.6. The van der Waals surface area contributed by atoms with Gasteiger partial charge in [-0.2, -0.15) is 0 Å². The summed E-state index contributed by atoms with van der Waals surface area (Å²) in [7, 11) is 0. The fraction of sp³-hybridized carbons (Fsp3) is 0.929. The van der Waals surface area contributed by atoms with E-state index in [0.717, 1.165) is 19.5 Å². The van der Waals surface area contributed by atoms with Crippen LogP contribution in [-0.2, 0) is 9.59 Å². The first-order valence-electron chi connectivity index (χ1n) is 14.3. The van der Waals surface area contributed by atoms with Crippen LogP contribution in [0.1, 0.15) is 142 Å². The summed E-state index contributed by atoms with van der Waals surface area (Å²) in [6, 6.07) is 0. The topological polar surface area (TPSA) is 49.4 Å². The molecule has 1 saturated heterocycles. The number of hydrogen-bond acceptors (Lipinski definition) is 3. The molecule has 0 aromatic carbocycles. The maximum Gasteiger partial charge on any atom is 0.232 e. The van der Waals surface area contributed by atoms with E-state index in [-0.39, 0.29) is 17.7 Å². The van der Waals surface area contributed by atoms with E-state index in [2.05, 4.69) is 12.2 Å². The van der Waals surface area contributed by atoms with Crippen molar-refractivity contribution in [1.82, 2.24) is 10.2 Å². The van der Waals surface area contributed by atoms with Gasteiger partial charge in [-0.25, -0.2) is 0 Å². The quantitative estimate of drug-likeness (QED) is 0.130. The van der Waals surface area contributed by atoms with Gasteiger partial charge in [0, 0.05) is 25.4 Å². The number of carbonyl (C=O) groups is 2. The van der Waals surface area contributed by atoms with E-state index in [1.54, 1.807) is 0 Å². The SMILES string of the molecule is CCCCCCCCCCCCCCCCCCCCNCCN1C(=O)CC(CC)C1=O. The van der Waals surface area contributed by atoms with Gasteiger partial charge in [-0.15, -0.1) is 0 Å². The van der Waals surface area contributed by atoms with E-state index in [0.29, 0.717) is 13.0 Å². The molecule has 188 valence electrons. The van der Waals surface area contributed by atoms with Gasteiger partial charge < -0.3 is 5.32 Å². The van der Waals surface area contributed by atoms with Crippen molar-refractivity contribution in [2.24, 2.45) is 5.92 Å². The molecule has 1 N–H and O–H groups in total. The van der Waals surface area contributed by atoms with Crippen LogP contribution in [0.3, 0.4) is 0 Å². The molecule has 4 heteroatoms. The summed E-state index contributed by atoms with van der Waals surface area (Å²) >= 11 is 0. The molecule has 0 aromatic heterocycles. The Bertz CT molecular complexity index is 466. The smallest absolute Gasteiger partial charge is 0.232 e. The number of imide groups is 1. The third kappa shape index (κ3) is 14.3. The standard InChI is InChI=1S/C28H54N2O2/c1-3-5-6-7-8-9-10-11-12-13-14-15-16-17-18-19-20-21-22-29-23-24-30-27(31)25-26(4-2)28(30)32/h26,29H,3-25H2,1-2H3. The second-order valence-electron chi connectivity index (χ2n) is 9.95. The van der Waals surface area contributed by atoms with Gasteiger partial charge in [-0.1, -0.05) is 123 Å². The van der Waals surface area contributed by atoms with E-state index < -0.39 is 0 Å². The van der Waals surface area contributed by atoms with Crippen LogP contribution >= 0.6 is 0 Å². The molecule has 1 unspecified atom stereocenters. The molecule has 1 heterocycles. The summed E-state index contributed by atoms with van der Waals surface area (Å²) in [4.78, 5) is 25.4. The Kier molecular flexibility index (Phi) is 18.8. The van der Waals surface area contributed by atoms with Crippen molar-refractivity contribution >= 4 is 11.8 Å². The Labute approximate surface area is 199 Å². The van der Waals surface area contributed by atoms with Gasteiger partial charge >= 0.3 is 0 Å². The fourth-order valence-corrected chi connectivity index (χ4v) is 4.77. The first-order valence-corrected chi connectivity index (χ1v) is 14.3. The molecule has 1 aliphatic heterocycles. The maximum atomic E-state index is 12.1. The minimum atomic E-state index is -0.0718. The number of likely N-dealkylation sites (tertiary alicyclic amines) is 1. The number of unbranched alkanes of at least 4 members (excludes halogenated alkanes) is 17. The molecular formula is C28H54N2O2. The predicted molar refractivity (Wildman–Crippen MR) is 137 cm³/mol. The van der Waals surface area contributed by atoms with Crippen LogP contribution in [0, 0.1) is 5.92 Å². The lowest BCUT2D eigenvalue weighted by Crippen LogP contribution is -2.37. The van der Waals surface area contributed by atoms with E-state index in [9.17, 15) is 9.59 Å². The number of hydrogen-bond donors (Lipinski definition) is 1. The Morgan fingerprint density at radius 1 is 0.656 bits per heavy atom. The van der Waals surface area contributed by atoms with Gasteiger partial charge in [-0.3, -0.25) is 14.5 Å². The van der Waals surface area contributed by atoms with Crippen LogP contribution < -0.4 is 5.32 Å². The highest BCUT2D eigenvalue weighted by molar-refractivity contribution is 6.03. The Hall–Kier alpha value is -0.900. The van der Waals surface area contributed by atoms with Crippen LogP contribution in [0.2, 0.25) is 0 Å². The Balaban J connectivity index is 1.74. The number of nitrogens with zero attached hydrogens (tertiary/aromatic N) is 1. The van der Waals surface area contributed by atoms with Crippen molar-refractivity contribution in [3.8, 4) is 0 Å². The molecular weight excluding hydrogens is 396 g/mol. The predicted octanol–water partition coefficient (Wildman–Crippen LogP) is 7.40. The highest BCUT2D eigenvalue weighted by Gasteiger charge is 2.36. The van der Waals surface area contributed by atoms with Crippen molar-refractivity contribution in [2.45, 2.75) is 142 Å². The van der Waals surface area contributed by atoms with Crippen LogP contribution in [0.15, 0.2) is 0 Å². The van der Waals surface area contributed by atoms with Crippen molar-refractivity contribution in [3.05, 3.63) is 0 Å². The normalized spacial score (nSPS) is 16.4. The molecule has 1 atom stereocenters. The average Bonchev–Trinajstić information content (AvgIpc) is 3.07. The molecule has 2 amide bonds. The van der Waals surface area contributed by atoms with E-state index in [1.165, 1.54) is 120 Å². The number of amides is 2. The Morgan fingerprint density at radius 3 is 1.50 bits per heavy atom. The lowest BCUT2D eigenvalue weighted by Gasteiger charge is -2.15. The summed E-state index contributed by atoms with van der Waals surface area (Å²) in [5.41, 5.74) is 0. The fourth-order valence-electron chi connectivity index (χ4n) is 4.77. The van der Waals surface area contributed by atoms with Gasteiger partial charge in [0.1, 0.15) is 0 Å². The van der Waals surface area contributed by atoms with Gasteiger partial charge in [0.05, 0.1) is 0 Å². The number of carbonyl (C=O) groups excluding carboxylic acids is 2. The summed E-state index contributed by atoms with van der Waals surface area (Å²) in [6.45, 7) is 6.53. The van der Waals surface area contributed by atoms with Crippen LogP contribution in [0.4, 0.5) is 0 Å². The summed E-state index contributed by atoms with van der Waals surface area (Å²) in [5, 5.41) is 3.39. The molecule has 1 fully saturated rings. The van der Waals surface area contributed by atoms with Crippen LogP contribution in [0.25, 0.3) is 0 Å². The number of nitrogens with one attached hydrogen (secondary N) is 1. The van der Waals surface area contributed by atoms with E-state index >= 15 is 0 Å². The molecule has 0 saturated carbocycles. The summed E-state index contributed by atoms with van der Waals surface area (Å²) < 4.78 is 0. The van der Waals surface area contributed by atoms with Crippen molar-refractivity contribution < 1.29 is 9.59 Å². The summed E-state index contributed by atoms with van der Waals surface area (Å²) in [6.07, 6.45) is 26.4. The lowest BCUT2D eigenvalue weighted by molar-refractivity contribution is -0.139. The first kappa shape index (κ1) is 29.1. The van der Waals surface area contributed by atoms with Crippen molar-refractivity contribution in [3.63, 3.8) is 0 Å². The number of rotatable bonds is 23. The first-order chi connectivity index (χ1) is 15.7. The maximum absolute atomic E-state index is 12.1. The third-order valence-electron chi connectivity index (χ3n) is 7.05. The second-order valence-corrected chi connectivity index (χ2v) is 9.95. The van der Waals surface area contributed by atoms with Crippen molar-refractivity contribution in [2.75, 3.05) is 19.6 Å². The van der Waals surface area contributed by atoms with E-state index in [4.69, 9.17) is 0 Å². The minimum Gasteiger partial charge on any atom is -0.315 e. The van der Waals surface area contributed by atoms with Crippen LogP contribution in [-0.4, -0.2) is 36.3 Å². The molecule has 0 radical (unpaired) electrons. The highest BCUT2D eigenvalue weighted by Crippen LogP contribution is 2.21. The Morgan fingerprint density at radius 2 is 1.09 bits per heavy atom. The molecule has 4 nitrogen and oxygen atoms in total. The minimum absolute atomic E-state index is 0.0109. The zero-order valence-electron chi connectivity index (χ0n) is 21.6. The third-order valence-corrected chi connectivity index (χ3v) is 7.05. The molecule has 32 heavy (non-hydrogen) atoms. The van der Waals surface area contributed by atoms with Gasteiger partial charge in [0.2, 0.25) is 11.8 Å². The summed E-state index contributed by atoms with van der Waals surface area (Å²) in [5.74, 6) is -0.0262.